The summed E-state index contributed by atoms with van der Waals surface area (Å²) in [6.07, 6.45) is 1.24. The van der Waals surface area contributed by atoms with Crippen molar-refractivity contribution in [3.63, 3.8) is 0 Å². The lowest BCUT2D eigenvalue weighted by atomic mass is 9.99. The molecule has 2 aromatic heterocycles. The Bertz CT molecular complexity index is 1430. The van der Waals surface area contributed by atoms with Crippen molar-refractivity contribution in [2.24, 2.45) is 5.92 Å². The van der Waals surface area contributed by atoms with Gasteiger partial charge in [-0.3, -0.25) is 4.79 Å². The Morgan fingerprint density at radius 2 is 2.03 bits per heavy atom. The van der Waals surface area contributed by atoms with E-state index >= 15 is 0 Å². The Morgan fingerprint density at radius 1 is 1.21 bits per heavy atom. The molecule has 0 bridgehead atoms. The maximum absolute atomic E-state index is 13.0. The summed E-state index contributed by atoms with van der Waals surface area (Å²) in [6, 6.07) is 15.7. The fourth-order valence-corrected chi connectivity index (χ4v) is 6.29. The van der Waals surface area contributed by atoms with Crippen molar-refractivity contribution in [1.82, 2.24) is 9.29 Å². The second-order valence-electron chi connectivity index (χ2n) is 8.06. The van der Waals surface area contributed by atoms with E-state index in [9.17, 15) is 13.2 Å². The molecule has 8 nitrogen and oxygen atoms in total. The number of methoxy groups -OCH3 is 1. The topological polar surface area (TPSA) is 102 Å². The Labute approximate surface area is 201 Å². The van der Waals surface area contributed by atoms with Gasteiger partial charge in [-0.25, -0.2) is 13.4 Å². The van der Waals surface area contributed by atoms with Crippen molar-refractivity contribution >= 4 is 43.4 Å². The molecule has 1 saturated heterocycles. The number of nitrogens with zero attached hydrogens (tertiary/aromatic N) is 2. The molecule has 1 aliphatic rings. The number of carbonyl (C=O) groups is 1. The number of aromatic nitrogens is 1. The van der Waals surface area contributed by atoms with Crippen molar-refractivity contribution in [2.75, 3.05) is 25.5 Å². The third kappa shape index (κ3) is 4.44. The number of ether oxygens (including phenoxy) is 1. The van der Waals surface area contributed by atoms with Crippen LogP contribution in [-0.4, -0.2) is 43.8 Å². The summed E-state index contributed by atoms with van der Waals surface area (Å²) in [4.78, 5) is 17.7. The van der Waals surface area contributed by atoms with Gasteiger partial charge in [0.1, 0.15) is 17.0 Å². The number of nitrogens with one attached hydrogen (secondary N) is 1. The van der Waals surface area contributed by atoms with E-state index in [0.717, 1.165) is 16.7 Å². The maximum atomic E-state index is 13.0. The quantitative estimate of drug-likeness (QED) is 0.418. The summed E-state index contributed by atoms with van der Waals surface area (Å²) < 4.78 is 38.4. The first-order valence-electron chi connectivity index (χ1n) is 10.8. The van der Waals surface area contributed by atoms with Crippen LogP contribution in [0.1, 0.15) is 12.8 Å². The lowest BCUT2D eigenvalue weighted by molar-refractivity contribution is -0.120. The molecule has 10 heteroatoms. The minimum Gasteiger partial charge on any atom is -0.497 e. The number of rotatable bonds is 6. The van der Waals surface area contributed by atoms with Crippen LogP contribution < -0.4 is 10.1 Å². The highest BCUT2D eigenvalue weighted by Gasteiger charge is 2.33. The van der Waals surface area contributed by atoms with Crippen molar-refractivity contribution < 1.29 is 22.4 Å². The average Bonchev–Trinajstić information content (AvgIpc) is 3.51. The second kappa shape index (κ2) is 9.21. The molecule has 1 N–H and O–H groups in total. The molecule has 5 rings (SSSR count). The third-order valence-electron chi connectivity index (χ3n) is 5.85. The molecule has 4 aromatic rings. The lowest BCUT2D eigenvalue weighted by Crippen LogP contribution is -2.43. The van der Waals surface area contributed by atoms with E-state index in [-0.39, 0.29) is 17.3 Å². The lowest BCUT2D eigenvalue weighted by Gasteiger charge is -2.31. The smallest absolute Gasteiger partial charge is 0.243 e. The number of benzene rings is 2. The predicted octanol–water partition coefficient (Wildman–Crippen LogP) is 4.60. The van der Waals surface area contributed by atoms with Gasteiger partial charge in [-0.15, -0.1) is 11.3 Å². The zero-order valence-electron chi connectivity index (χ0n) is 18.4. The minimum atomic E-state index is -3.63. The van der Waals surface area contributed by atoms with Crippen molar-refractivity contribution in [1.29, 1.82) is 0 Å². The van der Waals surface area contributed by atoms with E-state index < -0.39 is 15.9 Å². The largest absolute Gasteiger partial charge is 0.497 e. The summed E-state index contributed by atoms with van der Waals surface area (Å²) in [5, 5.41) is 6.01. The fourth-order valence-electron chi connectivity index (χ4n) is 4.04. The molecule has 1 fully saturated rings. The molecule has 0 spiro atoms. The van der Waals surface area contributed by atoms with Gasteiger partial charge in [0.15, 0.2) is 10.9 Å². The first kappa shape index (κ1) is 22.6. The van der Waals surface area contributed by atoms with E-state index in [4.69, 9.17) is 9.15 Å². The summed E-state index contributed by atoms with van der Waals surface area (Å²) in [5.74, 6) is 0.654. The van der Waals surface area contributed by atoms with Crippen LogP contribution in [0.25, 0.3) is 22.4 Å². The summed E-state index contributed by atoms with van der Waals surface area (Å²) in [6.45, 7) is 0.548. The molecule has 1 atom stereocenters. The normalized spacial score (nSPS) is 17.0. The number of amides is 1. The minimum absolute atomic E-state index is 0.146. The molecule has 1 unspecified atom stereocenters. The molecular weight excluding hydrogens is 474 g/mol. The van der Waals surface area contributed by atoms with Crippen molar-refractivity contribution in [3.8, 4) is 17.2 Å². The van der Waals surface area contributed by atoms with E-state index in [0.29, 0.717) is 36.0 Å². The number of hydrogen-bond acceptors (Lipinski definition) is 7. The molecule has 0 aliphatic carbocycles. The van der Waals surface area contributed by atoms with E-state index in [1.54, 1.807) is 37.4 Å². The predicted molar refractivity (Wildman–Crippen MR) is 130 cm³/mol. The Hall–Kier alpha value is -3.21. The average molecular weight is 498 g/mol. The molecule has 2 aromatic carbocycles. The highest BCUT2D eigenvalue weighted by atomic mass is 32.2. The standard InChI is InChI=1S/C24H23N3O5S2/c1-31-18-9-10-21-17(12-18)13-22(32-21)20-15-33-24(25-20)26-23(28)16-6-5-11-27(14-16)34(29,30)19-7-3-2-4-8-19/h2-4,7-10,12-13,15-16H,5-6,11,14H2,1H3,(H,25,26,28). The Balaban J connectivity index is 1.28. The van der Waals surface area contributed by atoms with Crippen LogP contribution in [0.5, 0.6) is 5.75 Å². The molecule has 176 valence electrons. The van der Waals surface area contributed by atoms with Crippen molar-refractivity contribution in [2.45, 2.75) is 17.7 Å². The van der Waals surface area contributed by atoms with E-state index in [1.807, 2.05) is 29.6 Å². The van der Waals surface area contributed by atoms with Crippen LogP contribution in [0.4, 0.5) is 5.13 Å². The number of hydrogen-bond donors (Lipinski definition) is 1. The summed E-state index contributed by atoms with van der Waals surface area (Å²) in [7, 11) is -2.02. The van der Waals surface area contributed by atoms with Gasteiger partial charge in [0.05, 0.1) is 17.9 Å². The highest BCUT2D eigenvalue weighted by Crippen LogP contribution is 2.32. The van der Waals surface area contributed by atoms with Gasteiger partial charge >= 0.3 is 0 Å². The van der Waals surface area contributed by atoms with Crippen LogP contribution in [0.3, 0.4) is 0 Å². The monoisotopic (exact) mass is 497 g/mol. The number of thiazole rings is 1. The number of fused-ring (bicyclic) bond motifs is 1. The van der Waals surface area contributed by atoms with Crippen LogP contribution >= 0.6 is 11.3 Å². The van der Waals surface area contributed by atoms with E-state index in [2.05, 4.69) is 10.3 Å². The Morgan fingerprint density at radius 3 is 2.82 bits per heavy atom. The fraction of sp³-hybridized carbons (Fsp3) is 0.250. The van der Waals surface area contributed by atoms with Crippen LogP contribution in [0.2, 0.25) is 0 Å². The zero-order chi connectivity index (χ0) is 23.7. The molecule has 1 aliphatic heterocycles. The van der Waals surface area contributed by atoms with Gasteiger partial charge in [0.25, 0.3) is 0 Å². The van der Waals surface area contributed by atoms with Gasteiger partial charge in [0, 0.05) is 23.9 Å². The molecule has 1 amide bonds. The van der Waals surface area contributed by atoms with Crippen LogP contribution in [-0.2, 0) is 14.8 Å². The highest BCUT2D eigenvalue weighted by molar-refractivity contribution is 7.89. The Kier molecular flexibility index (Phi) is 6.11. The number of sulfonamides is 1. The molecule has 0 radical (unpaired) electrons. The number of anilines is 1. The van der Waals surface area contributed by atoms with Crippen LogP contribution in [0.15, 0.2) is 69.3 Å². The first-order chi connectivity index (χ1) is 16.4. The molecular formula is C24H23N3O5S2. The zero-order valence-corrected chi connectivity index (χ0v) is 20.1. The molecule has 34 heavy (non-hydrogen) atoms. The van der Waals surface area contributed by atoms with Gasteiger partial charge in [-0.1, -0.05) is 18.2 Å². The molecule has 0 saturated carbocycles. The van der Waals surface area contributed by atoms with Gasteiger partial charge in [0.2, 0.25) is 15.9 Å². The number of piperidine rings is 1. The maximum Gasteiger partial charge on any atom is 0.243 e. The number of carbonyl (C=O) groups excluding carboxylic acids is 1. The molecule has 3 heterocycles. The first-order valence-corrected chi connectivity index (χ1v) is 13.2. The third-order valence-corrected chi connectivity index (χ3v) is 8.48. The summed E-state index contributed by atoms with van der Waals surface area (Å²) >= 11 is 1.30. The SMILES string of the molecule is COc1ccc2oc(-c3csc(NC(=O)C4CCCN(S(=O)(=O)c5ccccc5)C4)n3)cc2c1. The summed E-state index contributed by atoms with van der Waals surface area (Å²) in [5.41, 5.74) is 1.34. The van der Waals surface area contributed by atoms with E-state index in [1.165, 1.54) is 15.6 Å². The van der Waals surface area contributed by atoms with Gasteiger partial charge < -0.3 is 14.5 Å². The van der Waals surface area contributed by atoms with Gasteiger partial charge in [-0.2, -0.15) is 4.31 Å². The number of furan rings is 1. The van der Waals surface area contributed by atoms with Crippen LogP contribution in [0, 0.1) is 5.92 Å². The second-order valence-corrected chi connectivity index (χ2v) is 10.9. The van der Waals surface area contributed by atoms with Crippen molar-refractivity contribution in [3.05, 3.63) is 60.0 Å². The van der Waals surface area contributed by atoms with Gasteiger partial charge in [-0.05, 0) is 49.2 Å².